The summed E-state index contributed by atoms with van der Waals surface area (Å²) in [6.45, 7) is 1.45. The lowest BCUT2D eigenvalue weighted by atomic mass is 10.2. The molecule has 0 amide bonds. The molecule has 1 atom stereocenters. The van der Waals surface area contributed by atoms with Gasteiger partial charge in [0.1, 0.15) is 18.1 Å². The summed E-state index contributed by atoms with van der Waals surface area (Å²) >= 11 is 1.46. The van der Waals surface area contributed by atoms with E-state index in [-0.39, 0.29) is 6.61 Å². The van der Waals surface area contributed by atoms with E-state index in [0.717, 1.165) is 30.9 Å². The van der Waals surface area contributed by atoms with Crippen molar-refractivity contribution in [2.75, 3.05) is 26.1 Å². The number of methoxy groups -OCH3 is 1. The molecule has 1 aromatic heterocycles. The monoisotopic (exact) mass is 465 g/mol. The van der Waals surface area contributed by atoms with Crippen molar-refractivity contribution in [3.05, 3.63) is 59.9 Å². The van der Waals surface area contributed by atoms with Gasteiger partial charge in [-0.1, -0.05) is 17.8 Å². The Morgan fingerprint density at radius 2 is 1.91 bits per heavy atom. The lowest BCUT2D eigenvalue weighted by Crippen LogP contribution is -2.10. The van der Waals surface area contributed by atoms with E-state index in [1.165, 1.54) is 17.8 Å². The molecule has 0 saturated carbocycles. The van der Waals surface area contributed by atoms with Gasteiger partial charge in [-0.25, -0.2) is 0 Å². The molecule has 2 aromatic carbocycles. The zero-order chi connectivity index (χ0) is 22.6. The minimum Gasteiger partial charge on any atom is -0.497 e. The fraction of sp³-hybridized carbons (Fsp3) is 0.364. The zero-order valence-electron chi connectivity index (χ0n) is 17.3. The summed E-state index contributed by atoms with van der Waals surface area (Å²) < 4.78 is 57.9. The second-order valence-electron chi connectivity index (χ2n) is 7.29. The molecule has 0 aliphatic carbocycles. The van der Waals surface area contributed by atoms with Gasteiger partial charge in [-0.15, -0.1) is 10.2 Å². The highest BCUT2D eigenvalue weighted by atomic mass is 32.2. The smallest absolute Gasteiger partial charge is 0.416 e. The topological polar surface area (TPSA) is 58.4 Å². The summed E-state index contributed by atoms with van der Waals surface area (Å²) in [7, 11) is 1.57. The number of nitrogens with zero attached hydrogens (tertiary/aromatic N) is 3. The van der Waals surface area contributed by atoms with Crippen molar-refractivity contribution in [2.24, 2.45) is 5.92 Å². The Bertz CT molecular complexity index is 1030. The van der Waals surface area contributed by atoms with Gasteiger partial charge in [0.05, 0.1) is 25.0 Å². The van der Waals surface area contributed by atoms with Gasteiger partial charge in [0.2, 0.25) is 0 Å². The molecule has 6 nitrogen and oxygen atoms in total. The molecule has 32 heavy (non-hydrogen) atoms. The molecule has 1 aliphatic rings. The van der Waals surface area contributed by atoms with E-state index in [1.54, 1.807) is 42.0 Å². The maximum Gasteiger partial charge on any atom is 0.416 e. The summed E-state index contributed by atoms with van der Waals surface area (Å²) in [5.41, 5.74) is -0.394. The average Bonchev–Trinajstić information content (AvgIpc) is 3.46. The standard InChI is InChI=1S/C22H22F3N3O3S/c1-29-18-5-7-19(8-6-18)31-13-20-26-27-21(32-14-15-9-10-30-12-15)28(20)17-4-2-3-16(11-17)22(23,24)25/h2-8,11,15H,9-10,12-14H2,1H3. The van der Waals surface area contributed by atoms with Crippen molar-refractivity contribution in [3.8, 4) is 17.2 Å². The molecule has 1 saturated heterocycles. The average molecular weight is 465 g/mol. The van der Waals surface area contributed by atoms with E-state index in [0.29, 0.717) is 40.7 Å². The van der Waals surface area contributed by atoms with E-state index in [2.05, 4.69) is 10.2 Å². The molecule has 0 bridgehead atoms. The maximum absolute atomic E-state index is 13.3. The number of halogens is 3. The number of benzene rings is 2. The van der Waals surface area contributed by atoms with Crippen molar-refractivity contribution in [1.29, 1.82) is 0 Å². The Kier molecular flexibility index (Phi) is 6.90. The van der Waals surface area contributed by atoms with Gasteiger partial charge >= 0.3 is 6.18 Å². The summed E-state index contributed by atoms with van der Waals surface area (Å²) in [6, 6.07) is 12.2. The number of hydrogen-bond donors (Lipinski definition) is 0. The Labute approximate surface area is 187 Å². The summed E-state index contributed by atoms with van der Waals surface area (Å²) in [6.07, 6.45) is -3.49. The first kappa shape index (κ1) is 22.5. The molecule has 1 aliphatic heterocycles. The largest absolute Gasteiger partial charge is 0.497 e. The molecule has 0 radical (unpaired) electrons. The first-order valence-electron chi connectivity index (χ1n) is 10.0. The van der Waals surface area contributed by atoms with Crippen LogP contribution in [0.5, 0.6) is 11.5 Å². The van der Waals surface area contributed by atoms with Gasteiger partial charge in [0.25, 0.3) is 0 Å². The Balaban J connectivity index is 1.60. The van der Waals surface area contributed by atoms with Crippen molar-refractivity contribution < 1.29 is 27.4 Å². The van der Waals surface area contributed by atoms with E-state index in [1.807, 2.05) is 0 Å². The van der Waals surface area contributed by atoms with Crippen LogP contribution < -0.4 is 9.47 Å². The Hall–Kier alpha value is -2.72. The van der Waals surface area contributed by atoms with Gasteiger partial charge in [-0.3, -0.25) is 4.57 Å². The maximum atomic E-state index is 13.3. The third-order valence-corrected chi connectivity index (χ3v) is 6.19. The van der Waals surface area contributed by atoms with Gasteiger partial charge in [-0.2, -0.15) is 13.2 Å². The second-order valence-corrected chi connectivity index (χ2v) is 8.27. The van der Waals surface area contributed by atoms with E-state index in [9.17, 15) is 13.2 Å². The molecular formula is C22H22F3N3O3S. The van der Waals surface area contributed by atoms with Crippen molar-refractivity contribution in [1.82, 2.24) is 14.8 Å². The summed E-state index contributed by atoms with van der Waals surface area (Å²) in [5, 5.41) is 8.97. The highest BCUT2D eigenvalue weighted by Crippen LogP contribution is 2.32. The fourth-order valence-electron chi connectivity index (χ4n) is 3.29. The molecule has 0 N–H and O–H groups in total. The zero-order valence-corrected chi connectivity index (χ0v) is 18.2. The third-order valence-electron chi connectivity index (χ3n) is 5.03. The number of aromatic nitrogens is 3. The number of hydrogen-bond acceptors (Lipinski definition) is 6. The highest BCUT2D eigenvalue weighted by molar-refractivity contribution is 7.99. The van der Waals surface area contributed by atoms with Crippen LogP contribution in [0.3, 0.4) is 0 Å². The molecule has 170 valence electrons. The summed E-state index contributed by atoms with van der Waals surface area (Å²) in [4.78, 5) is 0. The lowest BCUT2D eigenvalue weighted by molar-refractivity contribution is -0.137. The molecular weight excluding hydrogens is 443 g/mol. The van der Waals surface area contributed by atoms with Crippen molar-refractivity contribution in [2.45, 2.75) is 24.4 Å². The first-order valence-corrected chi connectivity index (χ1v) is 11.0. The highest BCUT2D eigenvalue weighted by Gasteiger charge is 2.31. The van der Waals surface area contributed by atoms with Crippen LogP contribution in [0.25, 0.3) is 5.69 Å². The lowest BCUT2D eigenvalue weighted by Gasteiger charge is -2.14. The molecule has 10 heteroatoms. The first-order chi connectivity index (χ1) is 15.4. The quantitative estimate of drug-likeness (QED) is 0.437. The Morgan fingerprint density at radius 3 is 2.59 bits per heavy atom. The van der Waals surface area contributed by atoms with Crippen molar-refractivity contribution in [3.63, 3.8) is 0 Å². The number of thioether (sulfide) groups is 1. The van der Waals surface area contributed by atoms with E-state index >= 15 is 0 Å². The molecule has 3 aromatic rings. The Morgan fingerprint density at radius 1 is 1.12 bits per heavy atom. The van der Waals surface area contributed by atoms with Crippen LogP contribution in [-0.4, -0.2) is 40.8 Å². The van der Waals surface area contributed by atoms with Gasteiger partial charge in [0, 0.05) is 12.4 Å². The number of alkyl halides is 3. The molecule has 1 unspecified atom stereocenters. The van der Waals surface area contributed by atoms with E-state index < -0.39 is 11.7 Å². The molecule has 2 heterocycles. The van der Waals surface area contributed by atoms with Gasteiger partial charge < -0.3 is 14.2 Å². The van der Waals surface area contributed by atoms with Crippen LogP contribution in [0.1, 0.15) is 17.8 Å². The van der Waals surface area contributed by atoms with E-state index in [4.69, 9.17) is 14.2 Å². The minimum absolute atomic E-state index is 0.0443. The van der Waals surface area contributed by atoms with Crippen LogP contribution in [0.2, 0.25) is 0 Å². The number of rotatable bonds is 8. The van der Waals surface area contributed by atoms with Crippen LogP contribution in [-0.2, 0) is 17.5 Å². The van der Waals surface area contributed by atoms with Crippen LogP contribution in [0.4, 0.5) is 13.2 Å². The fourth-order valence-corrected chi connectivity index (χ4v) is 4.38. The van der Waals surface area contributed by atoms with Crippen molar-refractivity contribution >= 4 is 11.8 Å². The van der Waals surface area contributed by atoms with Crippen LogP contribution in [0.15, 0.2) is 53.7 Å². The van der Waals surface area contributed by atoms with Crippen LogP contribution in [0, 0.1) is 5.92 Å². The number of ether oxygens (including phenoxy) is 3. The third kappa shape index (κ3) is 5.36. The predicted octanol–water partition coefficient (Wildman–Crippen LogP) is 5.00. The normalized spacial score (nSPS) is 16.3. The molecule has 0 spiro atoms. The molecule has 1 fully saturated rings. The van der Waals surface area contributed by atoms with Gasteiger partial charge in [-0.05, 0) is 54.8 Å². The van der Waals surface area contributed by atoms with Gasteiger partial charge in [0.15, 0.2) is 11.0 Å². The minimum atomic E-state index is -4.45. The predicted molar refractivity (Wildman–Crippen MR) is 113 cm³/mol. The SMILES string of the molecule is COc1ccc(OCc2nnc(SCC3CCOC3)n2-c2cccc(C(F)(F)F)c2)cc1. The summed E-state index contributed by atoms with van der Waals surface area (Å²) in [5.74, 6) is 2.81. The van der Waals surface area contributed by atoms with Crippen LogP contribution >= 0.6 is 11.8 Å². The molecule has 4 rings (SSSR count). The second kappa shape index (κ2) is 9.83.